The van der Waals surface area contributed by atoms with Gasteiger partial charge in [0.05, 0.1) is 15.4 Å². The van der Waals surface area contributed by atoms with Gasteiger partial charge in [-0.15, -0.1) is 22.9 Å². The molecule has 6 heteroatoms. The number of halogens is 5. The summed E-state index contributed by atoms with van der Waals surface area (Å²) in [6.45, 7) is 0. The molecule has 0 radical (unpaired) electrons. The Morgan fingerprint density at radius 2 is 1.83 bits per heavy atom. The number of hydrogen-bond donors (Lipinski definition) is 0. The van der Waals surface area contributed by atoms with Gasteiger partial charge in [0.1, 0.15) is 4.34 Å². The Hall–Kier alpha value is 0.560. The minimum atomic E-state index is -0.129. The molecule has 2 aromatic rings. The maximum atomic E-state index is 6.37. The van der Waals surface area contributed by atoms with Crippen LogP contribution in [0.25, 0.3) is 0 Å². The zero-order valence-electron chi connectivity index (χ0n) is 8.89. The first-order valence-corrected chi connectivity index (χ1v) is 8.18. The van der Waals surface area contributed by atoms with Gasteiger partial charge >= 0.3 is 0 Å². The summed E-state index contributed by atoms with van der Waals surface area (Å²) in [5.74, 6) is 0. The lowest BCUT2D eigenvalue weighted by molar-refractivity contribution is 0.940. The monoisotopic (exact) mass is 402 g/mol. The Balaban J connectivity index is 2.15. The molecule has 0 aliphatic carbocycles. The molecule has 0 saturated carbocycles. The molecule has 0 fully saturated rings. The van der Waals surface area contributed by atoms with Gasteiger partial charge < -0.3 is 0 Å². The molecule has 1 aromatic heterocycles. The summed E-state index contributed by atoms with van der Waals surface area (Å²) >= 11 is 29.1. The molecule has 1 aromatic carbocycles. The quantitative estimate of drug-likeness (QED) is 0.483. The molecule has 1 heterocycles. The molecule has 96 valence electrons. The standard InChI is InChI=1S/C12H7BrCl4S/c13-7-5-11(18-12(7)17)10(16)4-6-1-2-8(14)9(15)3-6/h1-3,5,10H,4H2. The van der Waals surface area contributed by atoms with Gasteiger partial charge in [-0.05, 0) is 46.1 Å². The minimum absolute atomic E-state index is 0.129. The normalized spacial score (nSPS) is 12.7. The van der Waals surface area contributed by atoms with Crippen LogP contribution in [0.2, 0.25) is 14.4 Å². The van der Waals surface area contributed by atoms with Crippen molar-refractivity contribution in [3.8, 4) is 0 Å². The van der Waals surface area contributed by atoms with Crippen LogP contribution in [0.5, 0.6) is 0 Å². The second kappa shape index (κ2) is 6.34. The first kappa shape index (κ1) is 15.0. The van der Waals surface area contributed by atoms with E-state index in [-0.39, 0.29) is 5.38 Å². The van der Waals surface area contributed by atoms with E-state index >= 15 is 0 Å². The van der Waals surface area contributed by atoms with Crippen molar-refractivity contribution in [3.05, 3.63) is 53.6 Å². The Morgan fingerprint density at radius 1 is 1.11 bits per heavy atom. The van der Waals surface area contributed by atoms with Crippen LogP contribution in [-0.2, 0) is 6.42 Å². The maximum absolute atomic E-state index is 6.37. The van der Waals surface area contributed by atoms with Crippen LogP contribution >= 0.6 is 73.7 Å². The van der Waals surface area contributed by atoms with Gasteiger partial charge in [-0.2, -0.15) is 0 Å². The van der Waals surface area contributed by atoms with E-state index in [0.29, 0.717) is 20.8 Å². The first-order valence-electron chi connectivity index (χ1n) is 5.00. The molecule has 0 N–H and O–H groups in total. The largest absolute Gasteiger partial charge is 0.126 e. The van der Waals surface area contributed by atoms with Crippen molar-refractivity contribution in [2.75, 3.05) is 0 Å². The molecule has 0 bridgehead atoms. The van der Waals surface area contributed by atoms with Crippen LogP contribution < -0.4 is 0 Å². The van der Waals surface area contributed by atoms with Gasteiger partial charge in [0, 0.05) is 9.35 Å². The van der Waals surface area contributed by atoms with Crippen LogP contribution in [-0.4, -0.2) is 0 Å². The lowest BCUT2D eigenvalue weighted by Gasteiger charge is -2.08. The third-order valence-electron chi connectivity index (χ3n) is 2.37. The van der Waals surface area contributed by atoms with Crippen molar-refractivity contribution in [2.24, 2.45) is 0 Å². The van der Waals surface area contributed by atoms with Crippen LogP contribution in [0, 0.1) is 0 Å². The number of alkyl halides is 1. The molecule has 0 amide bonds. The Labute approximate surface area is 138 Å². The van der Waals surface area contributed by atoms with Crippen molar-refractivity contribution in [2.45, 2.75) is 11.8 Å². The summed E-state index contributed by atoms with van der Waals surface area (Å²) in [6.07, 6.45) is 0.682. The lowest BCUT2D eigenvalue weighted by atomic mass is 10.1. The van der Waals surface area contributed by atoms with Gasteiger partial charge in [-0.3, -0.25) is 0 Å². The van der Waals surface area contributed by atoms with Crippen LogP contribution in [0.3, 0.4) is 0 Å². The predicted molar refractivity (Wildman–Crippen MR) is 85.8 cm³/mol. The highest BCUT2D eigenvalue weighted by Gasteiger charge is 2.14. The third-order valence-corrected chi connectivity index (χ3v) is 6.22. The Kier molecular flexibility index (Phi) is 5.27. The molecule has 0 spiro atoms. The smallest absolute Gasteiger partial charge is 0.107 e. The highest BCUT2D eigenvalue weighted by atomic mass is 79.9. The van der Waals surface area contributed by atoms with Crippen molar-refractivity contribution < 1.29 is 0 Å². The van der Waals surface area contributed by atoms with Crippen LogP contribution in [0.15, 0.2) is 28.7 Å². The summed E-state index contributed by atoms with van der Waals surface area (Å²) in [7, 11) is 0. The van der Waals surface area contributed by atoms with Gasteiger partial charge in [0.25, 0.3) is 0 Å². The highest BCUT2D eigenvalue weighted by Crippen LogP contribution is 2.39. The van der Waals surface area contributed by atoms with Crippen LogP contribution in [0.4, 0.5) is 0 Å². The van der Waals surface area contributed by atoms with E-state index in [9.17, 15) is 0 Å². The predicted octanol–water partition coefficient (Wildman–Crippen LogP) is 6.99. The molecular formula is C12H7BrCl4S. The van der Waals surface area contributed by atoms with Crippen molar-refractivity contribution >= 4 is 73.7 Å². The van der Waals surface area contributed by atoms with Gasteiger partial charge in [-0.1, -0.05) is 40.9 Å². The molecule has 1 atom stereocenters. The summed E-state index contributed by atoms with van der Waals surface area (Å²) in [6, 6.07) is 7.49. The molecule has 2 rings (SSSR count). The average molecular weight is 405 g/mol. The minimum Gasteiger partial charge on any atom is -0.126 e. The molecule has 1 unspecified atom stereocenters. The fraction of sp³-hybridized carbons (Fsp3) is 0.167. The molecule has 0 aliphatic rings. The number of thiophene rings is 1. The van der Waals surface area contributed by atoms with Crippen molar-refractivity contribution in [1.29, 1.82) is 0 Å². The fourth-order valence-corrected chi connectivity index (χ4v) is 3.90. The van der Waals surface area contributed by atoms with E-state index in [4.69, 9.17) is 46.4 Å². The van der Waals surface area contributed by atoms with E-state index in [1.165, 1.54) is 11.3 Å². The topological polar surface area (TPSA) is 0 Å². The number of hydrogen-bond acceptors (Lipinski definition) is 1. The second-order valence-corrected chi connectivity index (χ2v) is 7.57. The summed E-state index contributed by atoms with van der Waals surface area (Å²) < 4.78 is 1.59. The molecule has 0 aliphatic heterocycles. The van der Waals surface area contributed by atoms with Gasteiger partial charge in [0.15, 0.2) is 0 Å². The lowest BCUT2D eigenvalue weighted by Crippen LogP contribution is -1.93. The van der Waals surface area contributed by atoms with Crippen LogP contribution in [0.1, 0.15) is 15.8 Å². The van der Waals surface area contributed by atoms with E-state index in [2.05, 4.69) is 15.9 Å². The zero-order chi connectivity index (χ0) is 13.3. The summed E-state index contributed by atoms with van der Waals surface area (Å²) in [5.41, 5.74) is 1.05. The number of rotatable bonds is 3. The Morgan fingerprint density at radius 3 is 2.39 bits per heavy atom. The fourth-order valence-electron chi connectivity index (χ4n) is 1.49. The van der Waals surface area contributed by atoms with E-state index in [0.717, 1.165) is 14.9 Å². The number of benzene rings is 1. The summed E-state index contributed by atoms with van der Waals surface area (Å²) in [4.78, 5) is 1.03. The third kappa shape index (κ3) is 3.56. The highest BCUT2D eigenvalue weighted by molar-refractivity contribution is 9.10. The van der Waals surface area contributed by atoms with E-state index < -0.39 is 0 Å². The molecule has 18 heavy (non-hydrogen) atoms. The Bertz CT molecular complexity index is 548. The SMILES string of the molecule is Clc1ccc(CC(Cl)c2cc(Br)c(Cl)s2)cc1Cl. The average Bonchev–Trinajstić information content (AvgIpc) is 2.65. The summed E-state index contributed by atoms with van der Waals surface area (Å²) in [5, 5.41) is 0.966. The molecule has 0 saturated heterocycles. The first-order chi connectivity index (χ1) is 8.47. The van der Waals surface area contributed by atoms with Crippen molar-refractivity contribution in [1.82, 2.24) is 0 Å². The van der Waals surface area contributed by atoms with Gasteiger partial charge in [-0.25, -0.2) is 0 Å². The van der Waals surface area contributed by atoms with Crippen molar-refractivity contribution in [3.63, 3.8) is 0 Å². The van der Waals surface area contributed by atoms with E-state index in [1.54, 1.807) is 6.07 Å². The van der Waals surface area contributed by atoms with E-state index in [1.807, 2.05) is 18.2 Å². The zero-order valence-corrected chi connectivity index (χ0v) is 14.3. The maximum Gasteiger partial charge on any atom is 0.107 e. The molecular weight excluding hydrogens is 398 g/mol. The second-order valence-electron chi connectivity index (χ2n) is 3.69. The van der Waals surface area contributed by atoms with Gasteiger partial charge in [0.2, 0.25) is 0 Å². The molecule has 0 nitrogen and oxygen atoms in total.